The van der Waals surface area contributed by atoms with Crippen molar-refractivity contribution in [2.24, 2.45) is 0 Å². The van der Waals surface area contributed by atoms with Gasteiger partial charge >= 0.3 is 5.97 Å². The number of benzene rings is 2. The van der Waals surface area contributed by atoms with E-state index in [1.165, 1.54) is 9.21 Å². The van der Waals surface area contributed by atoms with E-state index in [2.05, 4.69) is 0 Å². The Morgan fingerprint density at radius 2 is 1.78 bits per heavy atom. The lowest BCUT2D eigenvalue weighted by atomic mass is 10.2. The maximum Gasteiger partial charge on any atom is 0.341 e. The first kappa shape index (κ1) is 23.8. The average molecular weight is 465 g/mol. The molecule has 1 fully saturated rings. The molecule has 1 saturated heterocycles. The molecule has 0 unspecified atom stereocenters. The predicted molar refractivity (Wildman–Crippen MR) is 115 cm³/mol. The number of sulfonamides is 1. The van der Waals surface area contributed by atoms with Gasteiger partial charge in [-0.1, -0.05) is 18.2 Å². The zero-order valence-electron chi connectivity index (χ0n) is 17.9. The lowest BCUT2D eigenvalue weighted by molar-refractivity contribution is -0.122. The second-order valence-electron chi connectivity index (χ2n) is 7.43. The van der Waals surface area contributed by atoms with E-state index in [-0.39, 0.29) is 37.2 Å². The molecule has 172 valence electrons. The minimum Gasteiger partial charge on any atom is -0.452 e. The molecule has 0 radical (unpaired) electrons. The summed E-state index contributed by atoms with van der Waals surface area (Å²) in [6, 6.07) is 11.6. The number of hydrogen-bond donors (Lipinski definition) is 0. The lowest BCUT2D eigenvalue weighted by Gasteiger charge is -2.27. The monoisotopic (exact) mass is 464 g/mol. The number of hydrogen-bond acceptors (Lipinski definition) is 6. The number of ether oxygens (including phenoxy) is 2. The minimum absolute atomic E-state index is 0.165. The molecular formula is C22H25FN2O6S. The smallest absolute Gasteiger partial charge is 0.341 e. The fraction of sp³-hybridized carbons (Fsp3) is 0.364. The molecule has 0 aliphatic carbocycles. The molecule has 3 rings (SSSR count). The third-order valence-electron chi connectivity index (χ3n) is 4.91. The topological polar surface area (TPSA) is 93.2 Å². The van der Waals surface area contributed by atoms with Crippen LogP contribution in [0.5, 0.6) is 0 Å². The van der Waals surface area contributed by atoms with Gasteiger partial charge in [-0.2, -0.15) is 4.31 Å². The highest BCUT2D eigenvalue weighted by Gasteiger charge is 2.28. The van der Waals surface area contributed by atoms with Crippen molar-refractivity contribution in [2.75, 3.05) is 37.8 Å². The molecule has 0 atom stereocenters. The molecular weight excluding hydrogens is 439 g/mol. The normalized spacial score (nSPS) is 14.9. The Kier molecular flexibility index (Phi) is 7.60. The molecule has 0 N–H and O–H groups in total. The van der Waals surface area contributed by atoms with Gasteiger partial charge in [0.25, 0.3) is 5.91 Å². The van der Waals surface area contributed by atoms with E-state index < -0.39 is 39.9 Å². The molecule has 10 heteroatoms. The van der Waals surface area contributed by atoms with Gasteiger partial charge < -0.3 is 14.4 Å². The maximum absolute atomic E-state index is 14.3. The van der Waals surface area contributed by atoms with Gasteiger partial charge in [0.1, 0.15) is 5.82 Å². The Balaban J connectivity index is 1.75. The van der Waals surface area contributed by atoms with Gasteiger partial charge in [-0.3, -0.25) is 4.79 Å². The van der Waals surface area contributed by atoms with Crippen LogP contribution in [0.1, 0.15) is 24.2 Å². The number of rotatable bonds is 7. The Bertz CT molecular complexity index is 1070. The minimum atomic E-state index is -3.92. The van der Waals surface area contributed by atoms with Crippen LogP contribution in [0.4, 0.5) is 10.1 Å². The van der Waals surface area contributed by atoms with Crippen molar-refractivity contribution in [3.63, 3.8) is 0 Å². The number of anilines is 1. The van der Waals surface area contributed by atoms with Gasteiger partial charge in [0, 0.05) is 24.8 Å². The first-order chi connectivity index (χ1) is 15.2. The van der Waals surface area contributed by atoms with Crippen LogP contribution in [0, 0.1) is 5.82 Å². The van der Waals surface area contributed by atoms with Gasteiger partial charge in [-0.05, 0) is 44.2 Å². The Labute approximate surface area is 186 Å². The molecule has 1 amide bonds. The van der Waals surface area contributed by atoms with Crippen LogP contribution >= 0.6 is 0 Å². The van der Waals surface area contributed by atoms with E-state index in [0.717, 1.165) is 18.2 Å². The highest BCUT2D eigenvalue weighted by Crippen LogP contribution is 2.21. The Morgan fingerprint density at radius 3 is 2.41 bits per heavy atom. The van der Waals surface area contributed by atoms with Gasteiger partial charge in [-0.25, -0.2) is 17.6 Å². The summed E-state index contributed by atoms with van der Waals surface area (Å²) in [6.45, 7) is 3.85. The van der Waals surface area contributed by atoms with Crippen LogP contribution < -0.4 is 4.90 Å². The molecule has 2 aromatic carbocycles. The molecule has 1 heterocycles. The molecule has 0 aromatic heterocycles. The highest BCUT2D eigenvalue weighted by atomic mass is 32.2. The third-order valence-corrected chi connectivity index (χ3v) is 6.81. The summed E-state index contributed by atoms with van der Waals surface area (Å²) in [5.41, 5.74) is 0.0799. The Hall–Kier alpha value is -2.82. The maximum atomic E-state index is 14.3. The summed E-state index contributed by atoms with van der Waals surface area (Å²) in [4.78, 5) is 26.4. The second-order valence-corrected chi connectivity index (χ2v) is 9.37. The largest absolute Gasteiger partial charge is 0.452 e. The molecule has 0 saturated carbocycles. The quantitative estimate of drug-likeness (QED) is 0.585. The number of carbonyl (C=O) groups is 2. The number of halogens is 1. The average Bonchev–Trinajstić information content (AvgIpc) is 2.79. The number of para-hydroxylation sites is 1. The SMILES string of the molecule is CC(C)N(C(=O)COC(=O)c1cc(S(=O)(=O)N2CCOCC2)ccc1F)c1ccccc1. The number of esters is 1. The van der Waals surface area contributed by atoms with Crippen molar-refractivity contribution in [3.8, 4) is 0 Å². The molecule has 32 heavy (non-hydrogen) atoms. The van der Waals surface area contributed by atoms with Gasteiger partial charge in [0.05, 0.1) is 23.7 Å². The number of carbonyl (C=O) groups excluding carboxylic acids is 2. The van der Waals surface area contributed by atoms with Crippen molar-refractivity contribution in [2.45, 2.75) is 24.8 Å². The molecule has 1 aliphatic rings. The Morgan fingerprint density at radius 1 is 1.12 bits per heavy atom. The van der Waals surface area contributed by atoms with Crippen LogP contribution in [0.15, 0.2) is 53.4 Å². The first-order valence-corrected chi connectivity index (χ1v) is 11.6. The lowest BCUT2D eigenvalue weighted by Crippen LogP contribution is -2.40. The summed E-state index contributed by atoms with van der Waals surface area (Å²) >= 11 is 0. The van der Waals surface area contributed by atoms with Crippen LogP contribution in [0.3, 0.4) is 0 Å². The van der Waals surface area contributed by atoms with Crippen molar-refractivity contribution in [1.29, 1.82) is 0 Å². The van der Waals surface area contributed by atoms with Crippen molar-refractivity contribution >= 4 is 27.6 Å². The van der Waals surface area contributed by atoms with E-state index in [9.17, 15) is 22.4 Å². The zero-order valence-corrected chi connectivity index (χ0v) is 18.7. The van der Waals surface area contributed by atoms with Crippen molar-refractivity contribution in [1.82, 2.24) is 4.31 Å². The summed E-state index contributed by atoms with van der Waals surface area (Å²) in [6.07, 6.45) is 0. The van der Waals surface area contributed by atoms with Crippen LogP contribution in [0.25, 0.3) is 0 Å². The summed E-state index contributed by atoms with van der Waals surface area (Å²) in [7, 11) is -3.92. The van der Waals surface area contributed by atoms with E-state index in [1.54, 1.807) is 24.3 Å². The summed E-state index contributed by atoms with van der Waals surface area (Å²) in [5, 5.41) is 0. The zero-order chi connectivity index (χ0) is 23.3. The van der Waals surface area contributed by atoms with Crippen LogP contribution in [0.2, 0.25) is 0 Å². The molecule has 8 nitrogen and oxygen atoms in total. The number of nitrogens with zero attached hydrogens (tertiary/aromatic N) is 2. The summed E-state index contributed by atoms with van der Waals surface area (Å²) in [5.74, 6) is -2.55. The van der Waals surface area contributed by atoms with Crippen molar-refractivity contribution < 1.29 is 31.9 Å². The fourth-order valence-corrected chi connectivity index (χ4v) is 4.79. The number of amides is 1. The molecule has 0 bridgehead atoms. The molecule has 1 aliphatic heterocycles. The number of morpholine rings is 1. The standard InChI is InChI=1S/C22H25FN2O6S/c1-16(2)25(17-6-4-3-5-7-17)21(26)15-31-22(27)19-14-18(8-9-20(19)23)32(28,29)24-10-12-30-13-11-24/h3-9,14,16H,10-13,15H2,1-2H3. The fourth-order valence-electron chi connectivity index (χ4n) is 3.35. The molecule has 0 spiro atoms. The van der Waals surface area contributed by atoms with Crippen LogP contribution in [-0.4, -0.2) is 63.6 Å². The highest BCUT2D eigenvalue weighted by molar-refractivity contribution is 7.89. The van der Waals surface area contributed by atoms with Gasteiger partial charge in [0.2, 0.25) is 10.0 Å². The summed E-state index contributed by atoms with van der Waals surface area (Å²) < 4.78 is 51.3. The van der Waals surface area contributed by atoms with E-state index in [4.69, 9.17) is 9.47 Å². The van der Waals surface area contributed by atoms with E-state index in [0.29, 0.717) is 5.69 Å². The third kappa shape index (κ3) is 5.32. The first-order valence-electron chi connectivity index (χ1n) is 10.1. The van der Waals surface area contributed by atoms with E-state index in [1.807, 2.05) is 19.9 Å². The van der Waals surface area contributed by atoms with Gasteiger partial charge in [0.15, 0.2) is 6.61 Å². The second kappa shape index (κ2) is 10.2. The molecule has 2 aromatic rings. The van der Waals surface area contributed by atoms with Gasteiger partial charge in [-0.15, -0.1) is 0 Å². The van der Waals surface area contributed by atoms with Crippen LogP contribution in [-0.2, 0) is 24.3 Å². The predicted octanol–water partition coefficient (Wildman–Crippen LogP) is 2.45. The van der Waals surface area contributed by atoms with Crippen molar-refractivity contribution in [3.05, 3.63) is 59.9 Å². The van der Waals surface area contributed by atoms with E-state index >= 15 is 0 Å².